The van der Waals surface area contributed by atoms with Gasteiger partial charge in [0.15, 0.2) is 0 Å². The summed E-state index contributed by atoms with van der Waals surface area (Å²) in [5, 5.41) is 3.69. The number of methoxy groups -OCH3 is 1. The molecule has 3 nitrogen and oxygen atoms in total. The van der Waals surface area contributed by atoms with E-state index in [1.54, 1.807) is 0 Å². The van der Waals surface area contributed by atoms with Gasteiger partial charge in [0.1, 0.15) is 0 Å². The second-order valence-electron chi connectivity index (χ2n) is 5.96. The van der Waals surface area contributed by atoms with Crippen LogP contribution in [0.2, 0.25) is 0 Å². The van der Waals surface area contributed by atoms with Gasteiger partial charge in [-0.2, -0.15) is 0 Å². The summed E-state index contributed by atoms with van der Waals surface area (Å²) in [6.07, 6.45) is 5.58. The van der Waals surface area contributed by atoms with Crippen LogP contribution in [0, 0.1) is 11.8 Å². The molecule has 0 saturated heterocycles. The van der Waals surface area contributed by atoms with E-state index in [0.717, 1.165) is 22.9 Å². The van der Waals surface area contributed by atoms with Crippen molar-refractivity contribution in [2.75, 3.05) is 7.11 Å². The topological polar surface area (TPSA) is 38.3 Å². The highest BCUT2D eigenvalue weighted by atomic mass is 79.9. The zero-order valence-corrected chi connectivity index (χ0v) is 13.3. The van der Waals surface area contributed by atoms with Gasteiger partial charge in [-0.15, -0.1) is 0 Å². The fourth-order valence-corrected chi connectivity index (χ4v) is 4.19. The van der Waals surface area contributed by atoms with Gasteiger partial charge in [0.2, 0.25) is 0 Å². The summed E-state index contributed by atoms with van der Waals surface area (Å²) in [6.45, 7) is 0.857. The minimum absolute atomic E-state index is 0.293. The number of halogens is 1. The molecule has 0 heterocycles. The van der Waals surface area contributed by atoms with Crippen molar-refractivity contribution in [3.63, 3.8) is 0 Å². The molecule has 108 valence electrons. The smallest absolute Gasteiger partial charge is 0.337 e. The van der Waals surface area contributed by atoms with E-state index in [0.29, 0.717) is 11.6 Å². The van der Waals surface area contributed by atoms with E-state index in [1.807, 2.05) is 18.2 Å². The van der Waals surface area contributed by atoms with Crippen LogP contribution < -0.4 is 5.32 Å². The third-order valence-corrected chi connectivity index (χ3v) is 5.51. The molecular formula is C16H20BrNO2. The Morgan fingerprint density at radius 2 is 2.25 bits per heavy atom. The van der Waals surface area contributed by atoms with Crippen molar-refractivity contribution < 1.29 is 9.53 Å². The molecule has 1 aromatic carbocycles. The zero-order chi connectivity index (χ0) is 14.1. The van der Waals surface area contributed by atoms with Crippen LogP contribution in [0.5, 0.6) is 0 Å². The summed E-state index contributed by atoms with van der Waals surface area (Å²) < 4.78 is 5.70. The Balaban J connectivity index is 1.61. The summed E-state index contributed by atoms with van der Waals surface area (Å²) in [6, 6.07) is 6.34. The number of benzene rings is 1. The van der Waals surface area contributed by atoms with Crippen molar-refractivity contribution in [2.45, 2.75) is 38.3 Å². The largest absolute Gasteiger partial charge is 0.465 e. The van der Waals surface area contributed by atoms with E-state index >= 15 is 0 Å². The maximum atomic E-state index is 11.5. The molecule has 3 atom stereocenters. The van der Waals surface area contributed by atoms with Crippen molar-refractivity contribution in [2.24, 2.45) is 11.8 Å². The fourth-order valence-electron chi connectivity index (χ4n) is 3.67. The van der Waals surface area contributed by atoms with Crippen LogP contribution in [-0.4, -0.2) is 19.1 Å². The first-order valence-corrected chi connectivity index (χ1v) is 8.07. The van der Waals surface area contributed by atoms with E-state index in [4.69, 9.17) is 4.74 Å². The molecule has 2 saturated carbocycles. The van der Waals surface area contributed by atoms with Crippen LogP contribution in [0.4, 0.5) is 0 Å². The molecule has 2 fully saturated rings. The average molecular weight is 338 g/mol. The maximum Gasteiger partial charge on any atom is 0.337 e. The molecule has 2 aliphatic rings. The quantitative estimate of drug-likeness (QED) is 0.854. The van der Waals surface area contributed by atoms with Gasteiger partial charge < -0.3 is 10.1 Å². The summed E-state index contributed by atoms with van der Waals surface area (Å²) in [7, 11) is 1.40. The Morgan fingerprint density at radius 1 is 1.40 bits per heavy atom. The highest BCUT2D eigenvalue weighted by Gasteiger charge is 2.38. The Morgan fingerprint density at radius 3 is 2.85 bits per heavy atom. The molecule has 0 spiro atoms. The van der Waals surface area contributed by atoms with E-state index in [-0.39, 0.29) is 5.97 Å². The predicted molar refractivity (Wildman–Crippen MR) is 81.6 cm³/mol. The van der Waals surface area contributed by atoms with Gasteiger partial charge in [0.25, 0.3) is 0 Å². The van der Waals surface area contributed by atoms with Crippen LogP contribution >= 0.6 is 15.9 Å². The van der Waals surface area contributed by atoms with Gasteiger partial charge in [0.05, 0.1) is 12.7 Å². The molecule has 2 aliphatic carbocycles. The summed E-state index contributed by atoms with van der Waals surface area (Å²) >= 11 is 3.55. The first-order valence-electron chi connectivity index (χ1n) is 7.27. The predicted octanol–water partition coefficient (Wildman–Crippen LogP) is 3.51. The maximum absolute atomic E-state index is 11.5. The third kappa shape index (κ3) is 2.77. The number of hydrogen-bond donors (Lipinski definition) is 1. The lowest BCUT2D eigenvalue weighted by Crippen LogP contribution is -2.33. The van der Waals surface area contributed by atoms with Crippen LogP contribution in [-0.2, 0) is 11.3 Å². The van der Waals surface area contributed by atoms with E-state index in [1.165, 1.54) is 38.4 Å². The SMILES string of the molecule is COC(=O)c1ccc(CNC2CC3CCC2C3)c(Br)c1. The average Bonchev–Trinajstić information content (AvgIpc) is 3.07. The molecule has 3 rings (SSSR count). The third-order valence-electron chi connectivity index (χ3n) is 4.77. The molecule has 2 bridgehead atoms. The van der Waals surface area contributed by atoms with Crippen LogP contribution in [0.25, 0.3) is 0 Å². The van der Waals surface area contributed by atoms with Gasteiger partial charge in [-0.05, 0) is 48.8 Å². The second-order valence-corrected chi connectivity index (χ2v) is 6.81. The van der Waals surface area contributed by atoms with Gasteiger partial charge >= 0.3 is 5.97 Å². The van der Waals surface area contributed by atoms with Crippen molar-refractivity contribution in [1.82, 2.24) is 5.32 Å². The lowest BCUT2D eigenvalue weighted by Gasteiger charge is -2.23. The number of carbonyl (C=O) groups excluding carboxylic acids is 1. The molecule has 20 heavy (non-hydrogen) atoms. The summed E-state index contributed by atoms with van der Waals surface area (Å²) in [4.78, 5) is 11.5. The molecule has 1 aromatic rings. The van der Waals surface area contributed by atoms with Crippen molar-refractivity contribution in [1.29, 1.82) is 0 Å². The van der Waals surface area contributed by atoms with Crippen LogP contribution in [0.1, 0.15) is 41.6 Å². The lowest BCUT2D eigenvalue weighted by molar-refractivity contribution is 0.0600. The zero-order valence-electron chi connectivity index (χ0n) is 11.7. The van der Waals surface area contributed by atoms with Gasteiger partial charge in [-0.25, -0.2) is 4.79 Å². The molecule has 0 radical (unpaired) electrons. The summed E-state index contributed by atoms with van der Waals surface area (Å²) in [5.74, 6) is 1.55. The number of rotatable bonds is 4. The Hall–Kier alpha value is -0.870. The van der Waals surface area contributed by atoms with Crippen molar-refractivity contribution >= 4 is 21.9 Å². The Bertz CT molecular complexity index is 517. The van der Waals surface area contributed by atoms with Gasteiger partial charge in [-0.1, -0.05) is 28.4 Å². The number of nitrogens with one attached hydrogen (secondary N) is 1. The van der Waals surface area contributed by atoms with E-state index < -0.39 is 0 Å². The van der Waals surface area contributed by atoms with E-state index in [9.17, 15) is 4.79 Å². The fraction of sp³-hybridized carbons (Fsp3) is 0.562. The minimum Gasteiger partial charge on any atom is -0.465 e. The molecule has 0 amide bonds. The highest BCUT2D eigenvalue weighted by molar-refractivity contribution is 9.10. The van der Waals surface area contributed by atoms with Gasteiger partial charge in [0, 0.05) is 17.1 Å². The molecular weight excluding hydrogens is 318 g/mol. The lowest BCUT2D eigenvalue weighted by atomic mass is 9.95. The molecule has 1 N–H and O–H groups in total. The number of ether oxygens (including phenoxy) is 1. The summed E-state index contributed by atoms with van der Waals surface area (Å²) in [5.41, 5.74) is 1.78. The number of esters is 1. The molecule has 3 unspecified atom stereocenters. The van der Waals surface area contributed by atoms with Crippen molar-refractivity contribution in [3.8, 4) is 0 Å². The number of hydrogen-bond acceptors (Lipinski definition) is 3. The van der Waals surface area contributed by atoms with Crippen LogP contribution in [0.3, 0.4) is 0 Å². The Labute approximate surface area is 128 Å². The number of carbonyl (C=O) groups is 1. The standard InChI is InChI=1S/C16H20BrNO2/c1-20-16(19)12-4-5-13(14(17)8-12)9-18-15-7-10-2-3-11(15)6-10/h4-5,8,10-11,15,18H,2-3,6-7,9H2,1H3. The minimum atomic E-state index is -0.293. The first kappa shape index (κ1) is 14.1. The molecule has 0 aliphatic heterocycles. The number of fused-ring (bicyclic) bond motifs is 2. The molecule has 0 aromatic heterocycles. The highest BCUT2D eigenvalue weighted by Crippen LogP contribution is 2.44. The first-order chi connectivity index (χ1) is 9.67. The van der Waals surface area contributed by atoms with E-state index in [2.05, 4.69) is 21.2 Å². The monoisotopic (exact) mass is 337 g/mol. The second kappa shape index (κ2) is 5.86. The van der Waals surface area contributed by atoms with Crippen LogP contribution in [0.15, 0.2) is 22.7 Å². The van der Waals surface area contributed by atoms with Crippen molar-refractivity contribution in [3.05, 3.63) is 33.8 Å². The van der Waals surface area contributed by atoms with Gasteiger partial charge in [-0.3, -0.25) is 0 Å². The Kier molecular flexibility index (Phi) is 4.13. The normalized spacial score (nSPS) is 27.8. The molecule has 4 heteroatoms.